The van der Waals surface area contributed by atoms with Gasteiger partial charge in [-0.05, 0) is 36.8 Å². The van der Waals surface area contributed by atoms with Crippen LogP contribution in [0.25, 0.3) is 22.0 Å². The number of nitrogens with one attached hydrogen (secondary N) is 1. The number of fused-ring (bicyclic) bond motifs is 1. The minimum atomic E-state index is 0.636. The van der Waals surface area contributed by atoms with Gasteiger partial charge in [-0.1, -0.05) is 12.1 Å². The second-order valence-electron chi connectivity index (χ2n) is 6.59. The van der Waals surface area contributed by atoms with Crippen LogP contribution in [0.5, 0.6) is 5.75 Å². The Morgan fingerprint density at radius 2 is 1.79 bits per heavy atom. The highest BCUT2D eigenvalue weighted by molar-refractivity contribution is 5.85. The lowest BCUT2D eigenvalue weighted by molar-refractivity contribution is 0.414. The molecule has 6 heteroatoms. The van der Waals surface area contributed by atoms with Crippen molar-refractivity contribution in [3.05, 3.63) is 72.3 Å². The first-order chi connectivity index (χ1) is 13.6. The predicted octanol–water partition coefficient (Wildman–Crippen LogP) is 4.20. The number of anilines is 2. The molecule has 4 rings (SSSR count). The van der Waals surface area contributed by atoms with Crippen LogP contribution in [0.2, 0.25) is 0 Å². The molecule has 3 heterocycles. The maximum atomic E-state index is 5.88. The van der Waals surface area contributed by atoms with Crippen molar-refractivity contribution < 1.29 is 4.74 Å². The molecular formula is C22H21N5O. The lowest BCUT2D eigenvalue weighted by atomic mass is 10.0. The van der Waals surface area contributed by atoms with Gasteiger partial charge in [0.25, 0.3) is 0 Å². The van der Waals surface area contributed by atoms with E-state index in [-0.39, 0.29) is 0 Å². The molecule has 6 nitrogen and oxygen atoms in total. The van der Waals surface area contributed by atoms with Gasteiger partial charge in [0.05, 0.1) is 24.5 Å². The van der Waals surface area contributed by atoms with Crippen molar-refractivity contribution in [3.8, 4) is 16.9 Å². The Morgan fingerprint density at radius 3 is 2.57 bits per heavy atom. The highest BCUT2D eigenvalue weighted by Crippen LogP contribution is 2.26. The van der Waals surface area contributed by atoms with Crippen molar-refractivity contribution in [2.75, 3.05) is 18.2 Å². The SMILES string of the molecule is COc1ccc(CNc2cc3ncc(-c4cc(N)cnc4C)cc3cn2)cc1. The van der Waals surface area contributed by atoms with Crippen molar-refractivity contribution in [2.24, 2.45) is 0 Å². The van der Waals surface area contributed by atoms with E-state index in [9.17, 15) is 0 Å². The maximum Gasteiger partial charge on any atom is 0.128 e. The summed E-state index contributed by atoms with van der Waals surface area (Å²) in [7, 11) is 1.66. The summed E-state index contributed by atoms with van der Waals surface area (Å²) in [6.45, 7) is 2.64. The first-order valence-corrected chi connectivity index (χ1v) is 8.97. The largest absolute Gasteiger partial charge is 0.497 e. The minimum Gasteiger partial charge on any atom is -0.497 e. The molecule has 0 radical (unpaired) electrons. The molecule has 4 aromatic rings. The molecule has 0 saturated carbocycles. The summed E-state index contributed by atoms with van der Waals surface area (Å²) in [5.41, 5.74) is 11.4. The van der Waals surface area contributed by atoms with E-state index in [1.54, 1.807) is 13.3 Å². The zero-order valence-corrected chi connectivity index (χ0v) is 15.8. The molecule has 0 amide bonds. The van der Waals surface area contributed by atoms with Crippen LogP contribution in [0.4, 0.5) is 11.5 Å². The number of methoxy groups -OCH3 is 1. The molecule has 1 aromatic carbocycles. The normalized spacial score (nSPS) is 10.8. The number of aromatic nitrogens is 3. The van der Waals surface area contributed by atoms with Crippen LogP contribution in [-0.4, -0.2) is 22.1 Å². The first-order valence-electron chi connectivity index (χ1n) is 8.97. The fourth-order valence-corrected chi connectivity index (χ4v) is 3.04. The van der Waals surface area contributed by atoms with Gasteiger partial charge in [0.1, 0.15) is 11.6 Å². The van der Waals surface area contributed by atoms with Crippen LogP contribution in [-0.2, 0) is 6.54 Å². The van der Waals surface area contributed by atoms with Gasteiger partial charge in [-0.15, -0.1) is 0 Å². The minimum absolute atomic E-state index is 0.636. The highest BCUT2D eigenvalue weighted by Gasteiger charge is 2.07. The molecule has 140 valence electrons. The van der Waals surface area contributed by atoms with Crippen molar-refractivity contribution in [1.82, 2.24) is 15.0 Å². The molecule has 0 aliphatic heterocycles. The van der Waals surface area contributed by atoms with E-state index < -0.39 is 0 Å². The number of aryl methyl sites for hydroxylation is 1. The first kappa shape index (κ1) is 17.7. The van der Waals surface area contributed by atoms with Gasteiger partial charge in [0.2, 0.25) is 0 Å². The van der Waals surface area contributed by atoms with Gasteiger partial charge in [-0.25, -0.2) is 4.98 Å². The molecule has 0 atom stereocenters. The average molecular weight is 371 g/mol. The van der Waals surface area contributed by atoms with E-state index in [4.69, 9.17) is 10.5 Å². The van der Waals surface area contributed by atoms with Crippen LogP contribution >= 0.6 is 0 Å². The number of benzene rings is 1. The summed E-state index contributed by atoms with van der Waals surface area (Å²) < 4.78 is 5.18. The van der Waals surface area contributed by atoms with E-state index in [0.717, 1.165) is 44.9 Å². The Kier molecular flexibility index (Phi) is 4.76. The van der Waals surface area contributed by atoms with Gasteiger partial charge < -0.3 is 15.8 Å². The Hall–Kier alpha value is -3.67. The van der Waals surface area contributed by atoms with Crippen molar-refractivity contribution in [1.29, 1.82) is 0 Å². The fraction of sp³-hybridized carbons (Fsp3) is 0.136. The lowest BCUT2D eigenvalue weighted by Gasteiger charge is -2.09. The van der Waals surface area contributed by atoms with E-state index in [1.807, 2.05) is 55.7 Å². The molecule has 0 aliphatic rings. The number of pyridine rings is 3. The van der Waals surface area contributed by atoms with Gasteiger partial charge in [0.15, 0.2) is 0 Å². The average Bonchev–Trinajstić information content (AvgIpc) is 2.74. The number of ether oxygens (including phenoxy) is 1. The fourth-order valence-electron chi connectivity index (χ4n) is 3.04. The highest BCUT2D eigenvalue weighted by atomic mass is 16.5. The Balaban J connectivity index is 1.55. The smallest absolute Gasteiger partial charge is 0.128 e. The van der Waals surface area contributed by atoms with Crippen LogP contribution in [0, 0.1) is 6.92 Å². The molecule has 3 aromatic heterocycles. The third-order valence-electron chi connectivity index (χ3n) is 4.62. The van der Waals surface area contributed by atoms with Crippen LogP contribution < -0.4 is 15.8 Å². The summed E-state index contributed by atoms with van der Waals surface area (Å²) in [5, 5.41) is 4.30. The van der Waals surface area contributed by atoms with Crippen molar-refractivity contribution in [3.63, 3.8) is 0 Å². The van der Waals surface area contributed by atoms with Crippen LogP contribution in [0.1, 0.15) is 11.3 Å². The quantitative estimate of drug-likeness (QED) is 0.547. The van der Waals surface area contributed by atoms with E-state index >= 15 is 0 Å². The van der Waals surface area contributed by atoms with E-state index in [1.165, 1.54) is 0 Å². The molecule has 0 aliphatic carbocycles. The second-order valence-corrected chi connectivity index (χ2v) is 6.59. The lowest BCUT2D eigenvalue weighted by Crippen LogP contribution is -2.01. The summed E-state index contributed by atoms with van der Waals surface area (Å²) >= 11 is 0. The monoisotopic (exact) mass is 371 g/mol. The summed E-state index contributed by atoms with van der Waals surface area (Å²) in [5.74, 6) is 1.63. The maximum absolute atomic E-state index is 5.88. The molecule has 3 N–H and O–H groups in total. The number of hydrogen-bond acceptors (Lipinski definition) is 6. The summed E-state index contributed by atoms with van der Waals surface area (Å²) in [6.07, 6.45) is 5.34. The standard InChI is InChI=1S/C22H21N5O/c1-14-20(8-18(23)13-24-14)16-7-17-12-27-22(9-21(17)25-11-16)26-10-15-3-5-19(28-2)6-4-15/h3-9,11-13H,10,23H2,1-2H3,(H,26,27). The molecule has 0 fully saturated rings. The third-order valence-corrected chi connectivity index (χ3v) is 4.62. The summed E-state index contributed by atoms with van der Waals surface area (Å²) in [6, 6.07) is 13.9. The number of nitrogens with zero attached hydrogens (tertiary/aromatic N) is 3. The third kappa shape index (κ3) is 3.71. The predicted molar refractivity (Wildman–Crippen MR) is 112 cm³/mol. The molecule has 0 saturated heterocycles. The second kappa shape index (κ2) is 7.52. The van der Waals surface area contributed by atoms with E-state index in [0.29, 0.717) is 12.2 Å². The van der Waals surface area contributed by atoms with Crippen molar-refractivity contribution in [2.45, 2.75) is 13.5 Å². The molecule has 0 spiro atoms. The molecule has 0 unspecified atom stereocenters. The van der Waals surface area contributed by atoms with Gasteiger partial charge in [-0.3, -0.25) is 9.97 Å². The molecule has 0 bridgehead atoms. The Labute approximate surface area is 163 Å². The molecule has 28 heavy (non-hydrogen) atoms. The number of nitrogen functional groups attached to an aromatic ring is 1. The zero-order chi connectivity index (χ0) is 19.5. The van der Waals surface area contributed by atoms with Gasteiger partial charge in [-0.2, -0.15) is 0 Å². The molecular weight excluding hydrogens is 350 g/mol. The Morgan fingerprint density at radius 1 is 0.964 bits per heavy atom. The number of rotatable bonds is 5. The Bertz CT molecular complexity index is 1130. The van der Waals surface area contributed by atoms with Crippen LogP contribution in [0.3, 0.4) is 0 Å². The number of nitrogens with two attached hydrogens (primary N) is 1. The van der Waals surface area contributed by atoms with Crippen molar-refractivity contribution >= 4 is 22.4 Å². The zero-order valence-electron chi connectivity index (χ0n) is 15.8. The topological polar surface area (TPSA) is 86.0 Å². The number of hydrogen-bond donors (Lipinski definition) is 2. The van der Waals surface area contributed by atoms with Crippen LogP contribution in [0.15, 0.2) is 61.1 Å². The van der Waals surface area contributed by atoms with E-state index in [2.05, 4.69) is 26.3 Å². The van der Waals surface area contributed by atoms with Gasteiger partial charge >= 0.3 is 0 Å². The summed E-state index contributed by atoms with van der Waals surface area (Å²) in [4.78, 5) is 13.4. The van der Waals surface area contributed by atoms with Gasteiger partial charge in [0, 0.05) is 47.2 Å².